The maximum absolute atomic E-state index is 5.75. The largest absolute Gasteiger partial charge is 0.330 e. The van der Waals surface area contributed by atoms with Crippen LogP contribution >= 0.6 is 0 Å². The highest BCUT2D eigenvalue weighted by atomic mass is 15.1. The summed E-state index contributed by atoms with van der Waals surface area (Å²) in [4.78, 5) is 2.56. The van der Waals surface area contributed by atoms with Gasteiger partial charge in [0.25, 0.3) is 0 Å². The Balaban J connectivity index is 1.86. The molecule has 1 atom stereocenters. The molecule has 0 saturated carbocycles. The van der Waals surface area contributed by atoms with E-state index >= 15 is 0 Å². The normalized spacial score (nSPS) is 22.9. The lowest BCUT2D eigenvalue weighted by Crippen LogP contribution is -2.24. The molecule has 1 heterocycles. The van der Waals surface area contributed by atoms with Crippen LogP contribution in [0.5, 0.6) is 0 Å². The van der Waals surface area contributed by atoms with Gasteiger partial charge in [-0.15, -0.1) is 0 Å². The van der Waals surface area contributed by atoms with Crippen LogP contribution in [-0.2, 0) is 6.54 Å². The Labute approximate surface area is 98.4 Å². The van der Waals surface area contributed by atoms with Crippen molar-refractivity contribution in [3.8, 4) is 0 Å². The number of nitrogens with zero attached hydrogens (tertiary/aromatic N) is 1. The topological polar surface area (TPSA) is 29.3 Å². The minimum Gasteiger partial charge on any atom is -0.330 e. The molecule has 1 aromatic carbocycles. The van der Waals surface area contributed by atoms with Crippen LogP contribution in [-0.4, -0.2) is 24.5 Å². The fraction of sp³-hybridized carbons (Fsp3) is 0.571. The molecule has 1 aliphatic rings. The van der Waals surface area contributed by atoms with Gasteiger partial charge >= 0.3 is 0 Å². The Morgan fingerprint density at radius 1 is 1.12 bits per heavy atom. The second-order valence-corrected chi connectivity index (χ2v) is 4.79. The number of rotatable bonds is 3. The van der Waals surface area contributed by atoms with Crippen molar-refractivity contribution in [3.05, 3.63) is 35.9 Å². The fourth-order valence-corrected chi connectivity index (χ4v) is 2.46. The van der Waals surface area contributed by atoms with Gasteiger partial charge < -0.3 is 5.73 Å². The van der Waals surface area contributed by atoms with E-state index in [0.717, 1.165) is 19.0 Å². The predicted molar refractivity (Wildman–Crippen MR) is 68.1 cm³/mol. The molecule has 88 valence electrons. The third-order valence-electron chi connectivity index (χ3n) is 3.52. The van der Waals surface area contributed by atoms with Crippen molar-refractivity contribution in [2.75, 3.05) is 19.6 Å². The van der Waals surface area contributed by atoms with Gasteiger partial charge in [-0.05, 0) is 50.4 Å². The second-order valence-electron chi connectivity index (χ2n) is 4.79. The highest BCUT2D eigenvalue weighted by molar-refractivity contribution is 5.14. The number of hydrogen-bond acceptors (Lipinski definition) is 2. The zero-order valence-corrected chi connectivity index (χ0v) is 9.94. The molecule has 2 heteroatoms. The lowest BCUT2D eigenvalue weighted by atomic mass is 10.0. The molecule has 0 amide bonds. The van der Waals surface area contributed by atoms with Crippen LogP contribution in [0.3, 0.4) is 0 Å². The van der Waals surface area contributed by atoms with Crippen LogP contribution in [0.1, 0.15) is 24.8 Å². The van der Waals surface area contributed by atoms with Gasteiger partial charge in [-0.3, -0.25) is 4.90 Å². The number of hydrogen-bond donors (Lipinski definition) is 1. The van der Waals surface area contributed by atoms with E-state index in [1.165, 1.54) is 37.9 Å². The summed E-state index contributed by atoms with van der Waals surface area (Å²) >= 11 is 0. The second kappa shape index (κ2) is 6.02. The van der Waals surface area contributed by atoms with Gasteiger partial charge in [-0.1, -0.05) is 30.3 Å². The molecule has 0 aliphatic carbocycles. The van der Waals surface area contributed by atoms with Gasteiger partial charge in [-0.25, -0.2) is 0 Å². The molecule has 2 N–H and O–H groups in total. The Hall–Kier alpha value is -0.860. The standard InChI is InChI=1S/C14H22N2/c15-11-13-7-4-9-16(10-8-13)12-14-5-2-1-3-6-14/h1-3,5-6,13H,4,7-12,15H2/t13-/m1/s1. The van der Waals surface area contributed by atoms with Gasteiger partial charge in [0.15, 0.2) is 0 Å². The zero-order chi connectivity index (χ0) is 11.2. The third-order valence-corrected chi connectivity index (χ3v) is 3.52. The van der Waals surface area contributed by atoms with Crippen molar-refractivity contribution in [1.29, 1.82) is 0 Å². The summed E-state index contributed by atoms with van der Waals surface area (Å²) in [5.41, 5.74) is 7.18. The van der Waals surface area contributed by atoms with Gasteiger partial charge in [0.2, 0.25) is 0 Å². The first-order valence-corrected chi connectivity index (χ1v) is 6.35. The maximum Gasteiger partial charge on any atom is 0.0233 e. The van der Waals surface area contributed by atoms with E-state index in [1.807, 2.05) is 0 Å². The van der Waals surface area contributed by atoms with Crippen molar-refractivity contribution in [1.82, 2.24) is 4.90 Å². The van der Waals surface area contributed by atoms with E-state index in [4.69, 9.17) is 5.73 Å². The minimum atomic E-state index is 0.751. The quantitative estimate of drug-likeness (QED) is 0.843. The molecular weight excluding hydrogens is 196 g/mol. The van der Waals surface area contributed by atoms with Crippen molar-refractivity contribution < 1.29 is 0 Å². The van der Waals surface area contributed by atoms with Gasteiger partial charge in [0.05, 0.1) is 0 Å². The Morgan fingerprint density at radius 3 is 2.69 bits per heavy atom. The number of nitrogens with two attached hydrogens (primary N) is 1. The first kappa shape index (κ1) is 11.6. The zero-order valence-electron chi connectivity index (χ0n) is 9.94. The summed E-state index contributed by atoms with van der Waals surface area (Å²) in [5.74, 6) is 0.751. The van der Waals surface area contributed by atoms with Crippen molar-refractivity contribution >= 4 is 0 Å². The molecule has 1 aromatic rings. The van der Waals surface area contributed by atoms with E-state index in [2.05, 4.69) is 35.2 Å². The lowest BCUT2D eigenvalue weighted by Gasteiger charge is -2.20. The first-order valence-electron chi connectivity index (χ1n) is 6.35. The van der Waals surface area contributed by atoms with Crippen molar-refractivity contribution in [2.24, 2.45) is 11.7 Å². The molecule has 1 aliphatic heterocycles. The van der Waals surface area contributed by atoms with E-state index in [-0.39, 0.29) is 0 Å². The fourth-order valence-electron chi connectivity index (χ4n) is 2.46. The molecule has 0 radical (unpaired) electrons. The maximum atomic E-state index is 5.75. The van der Waals surface area contributed by atoms with E-state index in [1.54, 1.807) is 0 Å². The third kappa shape index (κ3) is 3.32. The molecule has 1 fully saturated rings. The summed E-state index contributed by atoms with van der Waals surface area (Å²) < 4.78 is 0. The minimum absolute atomic E-state index is 0.751. The van der Waals surface area contributed by atoms with Crippen LogP contribution in [0.15, 0.2) is 30.3 Å². The van der Waals surface area contributed by atoms with Crippen molar-refractivity contribution in [2.45, 2.75) is 25.8 Å². The molecule has 1 saturated heterocycles. The van der Waals surface area contributed by atoms with Crippen LogP contribution in [0.4, 0.5) is 0 Å². The predicted octanol–water partition coefficient (Wildman–Crippen LogP) is 2.25. The Kier molecular flexibility index (Phi) is 4.37. The van der Waals surface area contributed by atoms with Crippen LogP contribution in [0.2, 0.25) is 0 Å². The SMILES string of the molecule is NC[C@@H]1CCCN(Cc2ccccc2)CC1. The van der Waals surface area contributed by atoms with E-state index in [0.29, 0.717) is 0 Å². The van der Waals surface area contributed by atoms with Gasteiger partial charge in [0.1, 0.15) is 0 Å². The van der Waals surface area contributed by atoms with Crippen LogP contribution in [0, 0.1) is 5.92 Å². The smallest absolute Gasteiger partial charge is 0.0233 e. The van der Waals surface area contributed by atoms with E-state index in [9.17, 15) is 0 Å². The summed E-state index contributed by atoms with van der Waals surface area (Å²) in [5, 5.41) is 0. The lowest BCUT2D eigenvalue weighted by molar-refractivity contribution is 0.273. The molecule has 2 nitrogen and oxygen atoms in total. The molecule has 0 spiro atoms. The molecule has 0 unspecified atom stereocenters. The Morgan fingerprint density at radius 2 is 1.94 bits per heavy atom. The summed E-state index contributed by atoms with van der Waals surface area (Å²) in [6.45, 7) is 4.39. The average molecular weight is 218 g/mol. The molecular formula is C14H22N2. The summed E-state index contributed by atoms with van der Waals surface area (Å²) in [6.07, 6.45) is 3.87. The number of benzene rings is 1. The first-order chi connectivity index (χ1) is 7.88. The summed E-state index contributed by atoms with van der Waals surface area (Å²) in [7, 11) is 0. The van der Waals surface area contributed by atoms with Crippen LogP contribution < -0.4 is 5.73 Å². The highest BCUT2D eigenvalue weighted by Crippen LogP contribution is 2.17. The van der Waals surface area contributed by atoms with E-state index < -0.39 is 0 Å². The average Bonchev–Trinajstić information content (AvgIpc) is 2.56. The highest BCUT2D eigenvalue weighted by Gasteiger charge is 2.15. The number of likely N-dealkylation sites (tertiary alicyclic amines) is 1. The monoisotopic (exact) mass is 218 g/mol. The van der Waals surface area contributed by atoms with Crippen LogP contribution in [0.25, 0.3) is 0 Å². The molecule has 2 rings (SSSR count). The van der Waals surface area contributed by atoms with Crippen molar-refractivity contribution in [3.63, 3.8) is 0 Å². The van der Waals surface area contributed by atoms with Gasteiger partial charge in [0, 0.05) is 6.54 Å². The van der Waals surface area contributed by atoms with Gasteiger partial charge in [-0.2, -0.15) is 0 Å². The Bertz CT molecular complexity index is 297. The molecule has 0 aromatic heterocycles. The molecule has 0 bridgehead atoms. The molecule has 16 heavy (non-hydrogen) atoms. The summed E-state index contributed by atoms with van der Waals surface area (Å²) in [6, 6.07) is 10.7.